The molecule has 1 fully saturated rings. The molecule has 3 amide bonds. The lowest BCUT2D eigenvalue weighted by molar-refractivity contribution is 0.0951. The molecule has 0 spiro atoms. The number of rotatable bonds is 8. The van der Waals surface area contributed by atoms with Gasteiger partial charge in [0.25, 0.3) is 5.91 Å². The lowest BCUT2D eigenvalue weighted by atomic mass is 9.98. The first-order valence-electron chi connectivity index (χ1n) is 11.3. The summed E-state index contributed by atoms with van der Waals surface area (Å²) in [6.07, 6.45) is 0. The third kappa shape index (κ3) is 6.66. The van der Waals surface area contributed by atoms with Gasteiger partial charge in [-0.05, 0) is 47.0 Å². The van der Waals surface area contributed by atoms with E-state index in [0.29, 0.717) is 36.2 Å². The van der Waals surface area contributed by atoms with Crippen LogP contribution in [0.4, 0.5) is 10.5 Å². The summed E-state index contributed by atoms with van der Waals surface area (Å²) in [6, 6.07) is 21.2. The predicted molar refractivity (Wildman–Crippen MR) is 133 cm³/mol. The van der Waals surface area contributed by atoms with Crippen LogP contribution < -0.4 is 16.0 Å². The van der Waals surface area contributed by atoms with Crippen molar-refractivity contribution in [2.24, 2.45) is 11.8 Å². The second kappa shape index (κ2) is 11.1. The van der Waals surface area contributed by atoms with Crippen LogP contribution in [0, 0.1) is 11.8 Å². The molecule has 1 aromatic heterocycles. The predicted octanol–water partition coefficient (Wildman–Crippen LogP) is 4.57. The number of likely N-dealkylation sites (tertiary alicyclic amines) is 1. The van der Waals surface area contributed by atoms with E-state index >= 15 is 0 Å². The average Bonchev–Trinajstić information content (AvgIpc) is 3.46. The zero-order valence-electron chi connectivity index (χ0n) is 18.8. The number of urea groups is 1. The Hall–Kier alpha value is -3.16. The van der Waals surface area contributed by atoms with Crippen molar-refractivity contribution in [1.82, 2.24) is 15.5 Å². The minimum absolute atomic E-state index is 0.161. The van der Waals surface area contributed by atoms with Gasteiger partial charge in [-0.25, -0.2) is 4.79 Å². The molecule has 2 heterocycles. The number of thiophene rings is 1. The summed E-state index contributed by atoms with van der Waals surface area (Å²) >= 11 is 1.60. The molecule has 1 saturated heterocycles. The Morgan fingerprint density at radius 2 is 1.85 bits per heavy atom. The monoisotopic (exact) mass is 462 g/mol. The van der Waals surface area contributed by atoms with Crippen molar-refractivity contribution in [3.8, 4) is 0 Å². The molecule has 1 aliphatic heterocycles. The quantitative estimate of drug-likeness (QED) is 0.459. The fourth-order valence-corrected chi connectivity index (χ4v) is 4.84. The van der Waals surface area contributed by atoms with Crippen molar-refractivity contribution in [2.45, 2.75) is 20.0 Å². The minimum Gasteiger partial charge on any atom is -0.347 e. The second-order valence-corrected chi connectivity index (χ2v) is 9.63. The van der Waals surface area contributed by atoms with Crippen molar-refractivity contribution in [3.63, 3.8) is 0 Å². The van der Waals surface area contributed by atoms with Gasteiger partial charge in [-0.2, -0.15) is 0 Å². The molecule has 3 aromatic rings. The van der Waals surface area contributed by atoms with Gasteiger partial charge in [0.1, 0.15) is 0 Å². The zero-order chi connectivity index (χ0) is 23.0. The number of anilines is 1. The topological polar surface area (TPSA) is 73.5 Å². The third-order valence-electron chi connectivity index (χ3n) is 6.00. The highest BCUT2D eigenvalue weighted by molar-refractivity contribution is 7.09. The van der Waals surface area contributed by atoms with Gasteiger partial charge in [0, 0.05) is 42.3 Å². The van der Waals surface area contributed by atoms with Gasteiger partial charge in [0.2, 0.25) is 0 Å². The summed E-state index contributed by atoms with van der Waals surface area (Å²) in [5.41, 5.74) is 2.43. The van der Waals surface area contributed by atoms with Gasteiger partial charge < -0.3 is 16.0 Å². The molecule has 33 heavy (non-hydrogen) atoms. The fourth-order valence-electron chi connectivity index (χ4n) is 4.20. The van der Waals surface area contributed by atoms with Crippen molar-refractivity contribution in [1.29, 1.82) is 0 Å². The first kappa shape index (κ1) is 23.0. The number of nitrogens with one attached hydrogen (secondary N) is 3. The Kier molecular flexibility index (Phi) is 7.75. The minimum atomic E-state index is -0.250. The van der Waals surface area contributed by atoms with Crippen LogP contribution in [0.1, 0.15) is 27.7 Å². The van der Waals surface area contributed by atoms with Crippen LogP contribution in [0.2, 0.25) is 0 Å². The SMILES string of the molecule is CC1CN(Cc2ccccc2)CC1CNC(=O)Nc1cccc(C(=O)NCc2cccs2)c1. The Bertz CT molecular complexity index is 1060. The summed E-state index contributed by atoms with van der Waals surface area (Å²) in [5.74, 6) is 0.768. The van der Waals surface area contributed by atoms with Crippen LogP contribution in [0.5, 0.6) is 0 Å². The molecule has 2 aromatic carbocycles. The normalized spacial score (nSPS) is 18.1. The number of hydrogen-bond donors (Lipinski definition) is 3. The summed E-state index contributed by atoms with van der Waals surface area (Å²) in [5, 5.41) is 10.8. The highest BCUT2D eigenvalue weighted by Crippen LogP contribution is 2.24. The highest BCUT2D eigenvalue weighted by atomic mass is 32.1. The molecule has 4 rings (SSSR count). The van der Waals surface area contributed by atoms with E-state index in [0.717, 1.165) is 24.5 Å². The van der Waals surface area contributed by atoms with E-state index in [1.54, 1.807) is 35.6 Å². The molecule has 1 aliphatic rings. The number of benzene rings is 2. The van der Waals surface area contributed by atoms with E-state index in [2.05, 4.69) is 52.0 Å². The summed E-state index contributed by atoms with van der Waals surface area (Å²) in [6.45, 7) is 6.30. The summed E-state index contributed by atoms with van der Waals surface area (Å²) in [4.78, 5) is 28.5. The molecule has 2 atom stereocenters. The summed E-state index contributed by atoms with van der Waals surface area (Å²) in [7, 11) is 0. The fraction of sp³-hybridized carbons (Fsp3) is 0.308. The molecular weight excluding hydrogens is 432 g/mol. The van der Waals surface area contributed by atoms with E-state index in [1.807, 2.05) is 23.6 Å². The maximum Gasteiger partial charge on any atom is 0.319 e. The smallest absolute Gasteiger partial charge is 0.319 e. The van der Waals surface area contributed by atoms with Crippen LogP contribution in [0.3, 0.4) is 0 Å². The standard InChI is InChI=1S/C26H30N4O2S/c1-19-16-30(17-20-7-3-2-4-8-20)18-22(19)14-28-26(32)29-23-10-5-9-21(13-23)25(31)27-15-24-11-6-12-33-24/h2-13,19,22H,14-18H2,1H3,(H,27,31)(H2,28,29,32). The van der Waals surface area contributed by atoms with E-state index in [9.17, 15) is 9.59 Å². The van der Waals surface area contributed by atoms with E-state index in [1.165, 1.54) is 5.56 Å². The number of amides is 3. The summed E-state index contributed by atoms with van der Waals surface area (Å²) < 4.78 is 0. The van der Waals surface area contributed by atoms with Crippen LogP contribution in [-0.2, 0) is 13.1 Å². The van der Waals surface area contributed by atoms with Gasteiger partial charge in [-0.3, -0.25) is 9.69 Å². The number of carbonyl (C=O) groups is 2. The van der Waals surface area contributed by atoms with Crippen molar-refractivity contribution in [3.05, 3.63) is 88.1 Å². The van der Waals surface area contributed by atoms with Crippen LogP contribution in [0.25, 0.3) is 0 Å². The Balaban J connectivity index is 1.23. The van der Waals surface area contributed by atoms with Gasteiger partial charge in [-0.1, -0.05) is 49.4 Å². The van der Waals surface area contributed by atoms with Crippen molar-refractivity contribution < 1.29 is 9.59 Å². The Morgan fingerprint density at radius 3 is 2.64 bits per heavy atom. The first-order valence-corrected chi connectivity index (χ1v) is 12.2. The molecule has 0 radical (unpaired) electrons. The average molecular weight is 463 g/mol. The lowest BCUT2D eigenvalue weighted by Gasteiger charge is -2.17. The maximum absolute atomic E-state index is 12.5. The van der Waals surface area contributed by atoms with Gasteiger partial charge in [0.15, 0.2) is 0 Å². The Labute approximate surface area is 199 Å². The number of carbonyl (C=O) groups excluding carboxylic acids is 2. The molecule has 7 heteroatoms. The first-order chi connectivity index (χ1) is 16.1. The van der Waals surface area contributed by atoms with Crippen LogP contribution >= 0.6 is 11.3 Å². The molecule has 172 valence electrons. The molecule has 0 saturated carbocycles. The van der Waals surface area contributed by atoms with E-state index < -0.39 is 0 Å². The van der Waals surface area contributed by atoms with Crippen LogP contribution in [0.15, 0.2) is 72.1 Å². The molecular formula is C26H30N4O2S. The largest absolute Gasteiger partial charge is 0.347 e. The number of hydrogen-bond acceptors (Lipinski definition) is 4. The molecule has 2 unspecified atom stereocenters. The van der Waals surface area contributed by atoms with Crippen LogP contribution in [-0.4, -0.2) is 36.5 Å². The molecule has 0 aliphatic carbocycles. The molecule has 3 N–H and O–H groups in total. The van der Waals surface area contributed by atoms with Crippen molar-refractivity contribution >= 4 is 29.0 Å². The number of nitrogens with zero attached hydrogens (tertiary/aromatic N) is 1. The second-order valence-electron chi connectivity index (χ2n) is 8.59. The molecule has 0 bridgehead atoms. The highest BCUT2D eigenvalue weighted by Gasteiger charge is 2.29. The lowest BCUT2D eigenvalue weighted by Crippen LogP contribution is -2.35. The van der Waals surface area contributed by atoms with Crippen molar-refractivity contribution in [2.75, 3.05) is 25.0 Å². The third-order valence-corrected chi connectivity index (χ3v) is 6.88. The van der Waals surface area contributed by atoms with Gasteiger partial charge >= 0.3 is 6.03 Å². The maximum atomic E-state index is 12.5. The van der Waals surface area contributed by atoms with Gasteiger partial charge in [-0.15, -0.1) is 11.3 Å². The molecule has 6 nitrogen and oxygen atoms in total. The van der Waals surface area contributed by atoms with E-state index in [4.69, 9.17) is 0 Å². The zero-order valence-corrected chi connectivity index (χ0v) is 19.6. The Morgan fingerprint density at radius 1 is 1.00 bits per heavy atom. The van der Waals surface area contributed by atoms with E-state index in [-0.39, 0.29) is 11.9 Å². The van der Waals surface area contributed by atoms with Gasteiger partial charge in [0.05, 0.1) is 6.54 Å².